The summed E-state index contributed by atoms with van der Waals surface area (Å²) in [5.74, 6) is 0. The van der Waals surface area contributed by atoms with Gasteiger partial charge in [-0.05, 0) is 0 Å². The van der Waals surface area contributed by atoms with Crippen LogP contribution in [0.5, 0.6) is 0 Å². The van der Waals surface area contributed by atoms with Crippen LogP contribution >= 0.6 is 16.5 Å². The molecule has 0 bridgehead atoms. The van der Waals surface area contributed by atoms with Crippen LogP contribution in [0, 0.1) is 0 Å². The maximum absolute atomic E-state index is 5.81. The van der Waals surface area contributed by atoms with Crippen molar-refractivity contribution in [2.75, 3.05) is 0 Å². The Labute approximate surface area is 104 Å². The fourth-order valence-electron chi connectivity index (χ4n) is 1.25. The van der Waals surface area contributed by atoms with Crippen molar-refractivity contribution in [2.45, 2.75) is 32.9 Å². The molecule has 2 atom stereocenters. The van der Waals surface area contributed by atoms with E-state index < -0.39 is 46.7 Å². The van der Waals surface area contributed by atoms with Crippen LogP contribution in [0.3, 0.4) is 0 Å². The molecule has 6 heteroatoms. The minimum atomic E-state index is -1.03. The molecule has 0 aromatic rings. The van der Waals surface area contributed by atoms with E-state index in [4.69, 9.17) is 26.3 Å². The molecule has 2 nitrogen and oxygen atoms in total. The second-order valence-corrected chi connectivity index (χ2v) is 17.0. The summed E-state index contributed by atoms with van der Waals surface area (Å²) in [6.45, 7) is 0. The zero-order valence-corrected chi connectivity index (χ0v) is 19.5. The average Bonchev–Trinajstić information content (AvgIpc) is 2.09. The van der Waals surface area contributed by atoms with E-state index in [0.29, 0.717) is 12.2 Å². The monoisotopic (exact) mass is 588 g/mol. The predicted octanol–water partition coefficient (Wildman–Crippen LogP) is 2.77. The van der Waals surface area contributed by atoms with E-state index >= 15 is 0 Å². The van der Waals surface area contributed by atoms with Gasteiger partial charge < -0.3 is 0 Å². The molecule has 0 amide bonds. The first kappa shape index (κ1) is 12.4. The van der Waals surface area contributed by atoms with E-state index in [1.165, 1.54) is 0 Å². The first-order chi connectivity index (χ1) is 5.86. The molecule has 2 unspecified atom stereocenters. The standard InChI is InChI=1S/C6H10O2.2ClH.2Hg/c1-5-3-4-6(2)8-7-5;;;;/h5-6H,1-4H2;2*1H;;/q;;;2*+1/p-2. The zero-order valence-electron chi connectivity index (χ0n) is 6.97. The summed E-state index contributed by atoms with van der Waals surface area (Å²) in [6.07, 6.45) is 2.88. The quantitative estimate of drug-likeness (QED) is 0.373. The van der Waals surface area contributed by atoms with Crippen LogP contribution in [-0.2, 0) is 56.5 Å². The molecule has 12 heavy (non-hydrogen) atoms. The summed E-state index contributed by atoms with van der Waals surface area (Å²) in [4.78, 5) is 10.5. The summed E-state index contributed by atoms with van der Waals surface area (Å²) in [7, 11) is 11.6. The van der Waals surface area contributed by atoms with Crippen LogP contribution in [0.1, 0.15) is 12.8 Å². The summed E-state index contributed by atoms with van der Waals surface area (Å²) in [5.41, 5.74) is 0. The van der Waals surface area contributed by atoms with Gasteiger partial charge in [0, 0.05) is 0 Å². The number of hydrogen-bond donors (Lipinski definition) is 0. The molecule has 0 radical (unpaired) electrons. The van der Waals surface area contributed by atoms with Gasteiger partial charge in [-0.1, -0.05) is 0 Å². The van der Waals surface area contributed by atoms with E-state index in [0.717, 1.165) is 20.7 Å². The fraction of sp³-hybridized carbons (Fsp3) is 1.00. The average molecular weight is 586 g/mol. The second kappa shape index (κ2) is 7.63. The summed E-state index contributed by atoms with van der Waals surface area (Å²) < 4.78 is 2.22. The van der Waals surface area contributed by atoms with Crippen molar-refractivity contribution >= 4 is 16.5 Å². The SMILES string of the molecule is [Cl][Hg][CH2]C1CCC([CH2][Hg][Cl])OO1. The normalized spacial score (nSPS) is 29.2. The van der Waals surface area contributed by atoms with Gasteiger partial charge in [-0.2, -0.15) is 0 Å². The van der Waals surface area contributed by atoms with Gasteiger partial charge in [0.15, 0.2) is 0 Å². The fourth-order valence-corrected chi connectivity index (χ4v) is 10.4. The molecule has 0 aromatic carbocycles. The number of rotatable bonds is 4. The van der Waals surface area contributed by atoms with Gasteiger partial charge in [0.2, 0.25) is 0 Å². The Bertz CT molecular complexity index is 106. The molecule has 1 aliphatic rings. The molecular formula is C6H10Cl2Hg2O2. The molecule has 0 aliphatic carbocycles. The van der Waals surface area contributed by atoms with Crippen molar-refractivity contribution in [2.24, 2.45) is 0 Å². The number of halogens is 2. The molecule has 1 rings (SSSR count). The van der Waals surface area contributed by atoms with Gasteiger partial charge in [0.1, 0.15) is 0 Å². The molecule has 1 aliphatic heterocycles. The molecule has 1 fully saturated rings. The van der Waals surface area contributed by atoms with E-state index in [2.05, 4.69) is 0 Å². The van der Waals surface area contributed by atoms with Gasteiger partial charge in [-0.15, -0.1) is 0 Å². The van der Waals surface area contributed by atoms with Gasteiger partial charge in [0.25, 0.3) is 0 Å². The first-order valence-corrected chi connectivity index (χ1v) is 25.6. The van der Waals surface area contributed by atoms with Crippen LogP contribution in [0.4, 0.5) is 0 Å². The molecule has 1 heterocycles. The van der Waals surface area contributed by atoms with E-state index in [9.17, 15) is 0 Å². The van der Waals surface area contributed by atoms with E-state index in [-0.39, 0.29) is 0 Å². The van der Waals surface area contributed by atoms with Crippen LogP contribution in [0.25, 0.3) is 0 Å². The Morgan fingerprint density at radius 2 is 1.42 bits per heavy atom. The van der Waals surface area contributed by atoms with E-state index in [1.54, 1.807) is 0 Å². The molecule has 0 spiro atoms. The Balaban J connectivity index is 2.11. The van der Waals surface area contributed by atoms with Gasteiger partial charge in [-0.3, -0.25) is 0 Å². The zero-order chi connectivity index (χ0) is 8.81. The third kappa shape index (κ3) is 4.74. The van der Waals surface area contributed by atoms with E-state index in [1.807, 2.05) is 0 Å². The molecule has 0 N–H and O–H groups in total. The summed E-state index contributed by atoms with van der Waals surface area (Å²) in [6, 6.07) is 0. The molecule has 0 saturated carbocycles. The van der Waals surface area contributed by atoms with Gasteiger partial charge in [-0.25, -0.2) is 0 Å². The van der Waals surface area contributed by atoms with Crippen LogP contribution in [0.2, 0.25) is 7.86 Å². The van der Waals surface area contributed by atoms with Gasteiger partial charge in [0.05, 0.1) is 0 Å². The second-order valence-electron chi connectivity index (χ2n) is 2.97. The first-order valence-electron chi connectivity index (χ1n) is 4.31. The molecule has 0 aromatic heterocycles. The van der Waals surface area contributed by atoms with Crippen LogP contribution < -0.4 is 0 Å². The van der Waals surface area contributed by atoms with Crippen molar-refractivity contribution in [1.29, 1.82) is 0 Å². The van der Waals surface area contributed by atoms with Crippen LogP contribution in [-0.4, -0.2) is 12.2 Å². The minimum absolute atomic E-state index is 0.312. The Morgan fingerprint density at radius 3 is 1.67 bits per heavy atom. The van der Waals surface area contributed by atoms with Crippen molar-refractivity contribution < 1.29 is 56.5 Å². The molecule has 1 saturated heterocycles. The van der Waals surface area contributed by atoms with Crippen molar-refractivity contribution in [1.82, 2.24) is 0 Å². The van der Waals surface area contributed by atoms with Crippen molar-refractivity contribution in [3.05, 3.63) is 0 Å². The Kier molecular flexibility index (Phi) is 7.91. The summed E-state index contributed by atoms with van der Waals surface area (Å²) in [5, 5.41) is 0. The van der Waals surface area contributed by atoms with Crippen LogP contribution in [0.15, 0.2) is 0 Å². The Hall–Kier alpha value is 2.37. The molecular weight excluding hydrogens is 576 g/mol. The predicted molar refractivity (Wildman–Crippen MR) is 40.3 cm³/mol. The van der Waals surface area contributed by atoms with Crippen molar-refractivity contribution in [3.8, 4) is 0 Å². The van der Waals surface area contributed by atoms with Gasteiger partial charge >= 0.3 is 106 Å². The maximum atomic E-state index is 5.81. The number of hydrogen-bond acceptors (Lipinski definition) is 2. The summed E-state index contributed by atoms with van der Waals surface area (Å²) >= 11 is -2.07. The third-order valence-corrected chi connectivity index (χ3v) is 12.5. The molecule has 64 valence electrons. The Morgan fingerprint density at radius 1 is 1.00 bits per heavy atom. The topological polar surface area (TPSA) is 18.5 Å². The van der Waals surface area contributed by atoms with Crippen molar-refractivity contribution in [3.63, 3.8) is 0 Å². The third-order valence-electron chi connectivity index (χ3n) is 2.00.